The van der Waals surface area contributed by atoms with Crippen molar-refractivity contribution in [2.45, 2.75) is 6.92 Å². The smallest absolute Gasteiger partial charge is 0.298 e. The standard InChI is InChI=1S/C9H6N2O4/c1-5(12)9-10-8-6(11(13)14)3-2-4-7(8)15-9/h2-4H,1H3. The Kier molecular flexibility index (Phi) is 1.96. The SMILES string of the molecule is CC(=O)c1nc2c([N+](=O)[O-])cccc2o1. The summed E-state index contributed by atoms with van der Waals surface area (Å²) in [5.41, 5.74) is 0.186. The van der Waals surface area contributed by atoms with Gasteiger partial charge in [-0.3, -0.25) is 14.9 Å². The monoisotopic (exact) mass is 206 g/mol. The lowest BCUT2D eigenvalue weighted by molar-refractivity contribution is -0.383. The quantitative estimate of drug-likeness (QED) is 0.425. The molecule has 0 saturated heterocycles. The number of aromatic nitrogens is 1. The Morgan fingerprint density at radius 3 is 2.87 bits per heavy atom. The highest BCUT2D eigenvalue weighted by molar-refractivity contribution is 5.93. The second kappa shape index (κ2) is 3.16. The van der Waals surface area contributed by atoms with Crippen molar-refractivity contribution >= 4 is 22.6 Å². The molecule has 0 atom stereocenters. The summed E-state index contributed by atoms with van der Waals surface area (Å²) in [5.74, 6) is -0.472. The number of hydrogen-bond acceptors (Lipinski definition) is 5. The van der Waals surface area contributed by atoms with Gasteiger partial charge >= 0.3 is 0 Å². The van der Waals surface area contributed by atoms with Crippen LogP contribution in [0.4, 0.5) is 5.69 Å². The number of nitrogens with zero attached hydrogens (tertiary/aromatic N) is 2. The predicted molar refractivity (Wildman–Crippen MR) is 50.7 cm³/mol. The van der Waals surface area contributed by atoms with Crippen molar-refractivity contribution in [3.8, 4) is 0 Å². The van der Waals surface area contributed by atoms with E-state index in [-0.39, 0.29) is 28.5 Å². The maximum absolute atomic E-state index is 11.0. The summed E-state index contributed by atoms with van der Waals surface area (Å²) < 4.78 is 5.06. The van der Waals surface area contributed by atoms with E-state index in [0.29, 0.717) is 0 Å². The lowest BCUT2D eigenvalue weighted by Gasteiger charge is -1.88. The number of benzene rings is 1. The van der Waals surface area contributed by atoms with E-state index in [1.54, 1.807) is 0 Å². The fourth-order valence-electron chi connectivity index (χ4n) is 1.23. The van der Waals surface area contributed by atoms with E-state index in [1.165, 1.54) is 25.1 Å². The maximum atomic E-state index is 11.0. The average molecular weight is 206 g/mol. The van der Waals surface area contributed by atoms with Crippen LogP contribution in [-0.2, 0) is 0 Å². The molecule has 0 fully saturated rings. The Hall–Kier alpha value is -2.24. The zero-order valence-electron chi connectivity index (χ0n) is 7.76. The topological polar surface area (TPSA) is 86.2 Å². The molecule has 0 unspecified atom stereocenters. The second-order valence-electron chi connectivity index (χ2n) is 2.96. The number of carbonyl (C=O) groups is 1. The molecule has 2 aromatic rings. The van der Waals surface area contributed by atoms with E-state index in [9.17, 15) is 14.9 Å². The summed E-state index contributed by atoms with van der Waals surface area (Å²) in [4.78, 5) is 24.8. The molecule has 2 rings (SSSR count). The van der Waals surface area contributed by atoms with Gasteiger partial charge in [-0.05, 0) is 6.07 Å². The van der Waals surface area contributed by atoms with Crippen molar-refractivity contribution in [2.75, 3.05) is 0 Å². The van der Waals surface area contributed by atoms with Gasteiger partial charge in [-0.2, -0.15) is 4.98 Å². The number of ketones is 1. The minimum Gasteiger partial charge on any atom is -0.433 e. The fraction of sp³-hybridized carbons (Fsp3) is 0.111. The lowest BCUT2D eigenvalue weighted by atomic mass is 10.3. The largest absolute Gasteiger partial charge is 0.433 e. The first kappa shape index (κ1) is 9.32. The third-order valence-corrected chi connectivity index (χ3v) is 1.90. The highest BCUT2D eigenvalue weighted by Crippen LogP contribution is 2.25. The summed E-state index contributed by atoms with van der Waals surface area (Å²) in [6.45, 7) is 1.29. The summed E-state index contributed by atoms with van der Waals surface area (Å²) in [6.07, 6.45) is 0. The van der Waals surface area contributed by atoms with E-state index < -0.39 is 4.92 Å². The molecule has 0 spiro atoms. The Morgan fingerprint density at radius 1 is 1.53 bits per heavy atom. The number of rotatable bonds is 2. The second-order valence-corrected chi connectivity index (χ2v) is 2.96. The van der Waals surface area contributed by atoms with Crippen LogP contribution in [0, 0.1) is 10.1 Å². The first-order valence-electron chi connectivity index (χ1n) is 4.14. The predicted octanol–water partition coefficient (Wildman–Crippen LogP) is 1.94. The summed E-state index contributed by atoms with van der Waals surface area (Å²) in [7, 11) is 0. The van der Waals surface area contributed by atoms with Gasteiger partial charge in [-0.1, -0.05) is 6.07 Å². The van der Waals surface area contributed by atoms with Gasteiger partial charge in [0.15, 0.2) is 11.1 Å². The molecule has 0 amide bonds. The molecule has 0 bridgehead atoms. The number of fused-ring (bicyclic) bond motifs is 1. The molecule has 1 aromatic heterocycles. The van der Waals surface area contributed by atoms with Crippen LogP contribution in [0.3, 0.4) is 0 Å². The number of hydrogen-bond donors (Lipinski definition) is 0. The van der Waals surface area contributed by atoms with Gasteiger partial charge in [0.1, 0.15) is 0 Å². The Labute approximate surface area is 83.7 Å². The van der Waals surface area contributed by atoms with Crippen molar-refractivity contribution in [1.29, 1.82) is 0 Å². The molecule has 1 heterocycles. The molecule has 0 radical (unpaired) electrons. The molecule has 76 valence electrons. The maximum Gasteiger partial charge on any atom is 0.298 e. The number of nitro benzene ring substituents is 1. The molecular formula is C9H6N2O4. The van der Waals surface area contributed by atoms with Gasteiger partial charge in [0.2, 0.25) is 5.78 Å². The van der Waals surface area contributed by atoms with E-state index >= 15 is 0 Å². The van der Waals surface area contributed by atoms with Crippen LogP contribution < -0.4 is 0 Å². The first-order valence-corrected chi connectivity index (χ1v) is 4.14. The average Bonchev–Trinajstić information content (AvgIpc) is 2.60. The van der Waals surface area contributed by atoms with Gasteiger partial charge in [-0.25, -0.2) is 0 Å². The number of Topliss-reactive ketones (excluding diaryl/α,β-unsaturated/α-hetero) is 1. The normalized spacial score (nSPS) is 10.5. The molecule has 0 aliphatic rings. The van der Waals surface area contributed by atoms with E-state index in [0.717, 1.165) is 0 Å². The van der Waals surface area contributed by atoms with Crippen LogP contribution >= 0.6 is 0 Å². The Balaban J connectivity index is 2.75. The molecule has 15 heavy (non-hydrogen) atoms. The van der Waals surface area contributed by atoms with Crippen LogP contribution in [0.5, 0.6) is 0 Å². The van der Waals surface area contributed by atoms with Crippen molar-refractivity contribution in [3.63, 3.8) is 0 Å². The number of oxazole rings is 1. The lowest BCUT2D eigenvalue weighted by Crippen LogP contribution is -1.92. The number of non-ortho nitro benzene ring substituents is 1. The Bertz CT molecular complexity index is 558. The van der Waals surface area contributed by atoms with Crippen LogP contribution in [0.15, 0.2) is 22.6 Å². The summed E-state index contributed by atoms with van der Waals surface area (Å²) in [5, 5.41) is 10.6. The molecule has 0 aliphatic carbocycles. The molecule has 1 aromatic carbocycles. The highest BCUT2D eigenvalue weighted by Gasteiger charge is 2.18. The van der Waals surface area contributed by atoms with Crippen LogP contribution in [0.25, 0.3) is 11.1 Å². The molecule has 6 heteroatoms. The van der Waals surface area contributed by atoms with Crippen LogP contribution in [0.1, 0.15) is 17.6 Å². The van der Waals surface area contributed by atoms with Crippen molar-refractivity contribution in [2.24, 2.45) is 0 Å². The number of nitro groups is 1. The minimum absolute atomic E-state index is 0.104. The van der Waals surface area contributed by atoms with Crippen LogP contribution in [0.2, 0.25) is 0 Å². The zero-order valence-corrected chi connectivity index (χ0v) is 7.76. The molecular weight excluding hydrogens is 200 g/mol. The van der Waals surface area contributed by atoms with Crippen LogP contribution in [-0.4, -0.2) is 15.7 Å². The number of carbonyl (C=O) groups excluding carboxylic acids is 1. The number of para-hydroxylation sites is 1. The summed E-state index contributed by atoms with van der Waals surface area (Å²) >= 11 is 0. The van der Waals surface area contributed by atoms with Gasteiger partial charge in [0.25, 0.3) is 11.6 Å². The van der Waals surface area contributed by atoms with Gasteiger partial charge in [-0.15, -0.1) is 0 Å². The molecule has 0 N–H and O–H groups in total. The first-order chi connectivity index (χ1) is 7.09. The van der Waals surface area contributed by atoms with Gasteiger partial charge in [0, 0.05) is 13.0 Å². The Morgan fingerprint density at radius 2 is 2.27 bits per heavy atom. The van der Waals surface area contributed by atoms with Crippen molar-refractivity contribution in [1.82, 2.24) is 4.98 Å². The third-order valence-electron chi connectivity index (χ3n) is 1.90. The molecule has 6 nitrogen and oxygen atoms in total. The zero-order chi connectivity index (χ0) is 11.0. The van der Waals surface area contributed by atoms with Crippen molar-refractivity contribution < 1.29 is 14.1 Å². The molecule has 0 aliphatic heterocycles. The van der Waals surface area contributed by atoms with Crippen molar-refractivity contribution in [3.05, 3.63) is 34.2 Å². The fourth-order valence-corrected chi connectivity index (χ4v) is 1.23. The van der Waals surface area contributed by atoms with E-state index in [2.05, 4.69) is 4.98 Å². The van der Waals surface area contributed by atoms with E-state index in [1.807, 2.05) is 0 Å². The van der Waals surface area contributed by atoms with E-state index in [4.69, 9.17) is 4.42 Å². The summed E-state index contributed by atoms with van der Waals surface area (Å²) in [6, 6.07) is 4.33. The van der Waals surface area contributed by atoms with Gasteiger partial charge in [0.05, 0.1) is 4.92 Å². The molecule has 0 saturated carbocycles. The minimum atomic E-state index is -0.561. The highest BCUT2D eigenvalue weighted by atomic mass is 16.6. The third kappa shape index (κ3) is 1.45. The van der Waals surface area contributed by atoms with Gasteiger partial charge < -0.3 is 4.42 Å².